The highest BCUT2D eigenvalue weighted by molar-refractivity contribution is 6.06. The summed E-state index contributed by atoms with van der Waals surface area (Å²) < 4.78 is 1.59. The Bertz CT molecular complexity index is 1580. The molecule has 2 aromatic carbocycles. The summed E-state index contributed by atoms with van der Waals surface area (Å²) in [6.45, 7) is 1.87. The van der Waals surface area contributed by atoms with Crippen molar-refractivity contribution in [3.63, 3.8) is 0 Å². The summed E-state index contributed by atoms with van der Waals surface area (Å²) in [4.78, 5) is 26.5. The third kappa shape index (κ3) is 3.91. The van der Waals surface area contributed by atoms with Gasteiger partial charge in [-0.25, -0.2) is 14.6 Å². The molecule has 0 aliphatic carbocycles. The van der Waals surface area contributed by atoms with Crippen molar-refractivity contribution >= 4 is 28.3 Å². The van der Waals surface area contributed by atoms with Gasteiger partial charge in [0.1, 0.15) is 5.69 Å². The van der Waals surface area contributed by atoms with Crippen LogP contribution < -0.4 is 11.1 Å². The Labute approximate surface area is 194 Å². The first-order chi connectivity index (χ1) is 16.5. The number of aromatic nitrogens is 5. The Hall–Kier alpha value is -5.10. The predicted octanol–water partition coefficient (Wildman–Crippen LogP) is 3.89. The minimum Gasteiger partial charge on any atom is -0.382 e. The van der Waals surface area contributed by atoms with Crippen LogP contribution >= 0.6 is 0 Å². The van der Waals surface area contributed by atoms with Crippen LogP contribution in [-0.4, -0.2) is 30.6 Å². The summed E-state index contributed by atoms with van der Waals surface area (Å²) in [6, 6.07) is 19.9. The molecule has 3 aromatic heterocycles. The van der Waals surface area contributed by atoms with Gasteiger partial charge < -0.3 is 11.1 Å². The largest absolute Gasteiger partial charge is 0.382 e. The van der Waals surface area contributed by atoms with E-state index in [1.807, 2.05) is 49.4 Å². The van der Waals surface area contributed by atoms with Gasteiger partial charge in [0.15, 0.2) is 17.3 Å². The van der Waals surface area contributed by atoms with E-state index in [2.05, 4.69) is 25.4 Å². The molecule has 0 fully saturated rings. The fourth-order valence-corrected chi connectivity index (χ4v) is 3.53. The molecule has 0 bridgehead atoms. The molecule has 9 nitrogen and oxygen atoms in total. The molecular weight excluding hydrogens is 428 g/mol. The molecule has 0 saturated carbocycles. The molecular formula is C25H18N8O. The minimum absolute atomic E-state index is 0.0155. The van der Waals surface area contributed by atoms with Crippen molar-refractivity contribution in [1.29, 1.82) is 5.26 Å². The van der Waals surface area contributed by atoms with E-state index in [1.54, 1.807) is 41.3 Å². The van der Waals surface area contributed by atoms with E-state index in [0.717, 1.165) is 22.2 Å². The number of pyridine rings is 1. The number of hydrogen-bond donors (Lipinski definition) is 2. The highest BCUT2D eigenvalue weighted by atomic mass is 16.1. The van der Waals surface area contributed by atoms with Crippen LogP contribution in [0.25, 0.3) is 28.0 Å². The highest BCUT2D eigenvalue weighted by Crippen LogP contribution is 2.28. The molecule has 5 rings (SSSR count). The fourth-order valence-electron chi connectivity index (χ4n) is 3.53. The fraction of sp³-hybridized carbons (Fsp3) is 0.0400. The number of hydrogen-bond acceptors (Lipinski definition) is 7. The van der Waals surface area contributed by atoms with Crippen LogP contribution in [0.15, 0.2) is 73.1 Å². The van der Waals surface area contributed by atoms with Crippen LogP contribution in [0.5, 0.6) is 0 Å². The summed E-state index contributed by atoms with van der Waals surface area (Å²) in [5, 5.41) is 17.1. The molecule has 0 spiro atoms. The average Bonchev–Trinajstić information content (AvgIpc) is 3.30. The van der Waals surface area contributed by atoms with Gasteiger partial charge >= 0.3 is 0 Å². The van der Waals surface area contributed by atoms with Gasteiger partial charge in [-0.05, 0) is 55.5 Å². The molecule has 5 aromatic rings. The lowest BCUT2D eigenvalue weighted by Crippen LogP contribution is -2.19. The second-order valence-electron chi connectivity index (χ2n) is 7.59. The molecule has 0 radical (unpaired) electrons. The zero-order chi connectivity index (χ0) is 23.7. The molecule has 9 heteroatoms. The molecule has 3 heterocycles. The van der Waals surface area contributed by atoms with Crippen molar-refractivity contribution in [3.8, 4) is 23.1 Å². The molecule has 0 atom stereocenters. The number of carbonyl (C=O) groups is 1. The van der Waals surface area contributed by atoms with Gasteiger partial charge in [0.2, 0.25) is 0 Å². The number of nitrogens with zero attached hydrogens (tertiary/aromatic N) is 6. The number of benzene rings is 2. The predicted molar refractivity (Wildman–Crippen MR) is 128 cm³/mol. The summed E-state index contributed by atoms with van der Waals surface area (Å²) >= 11 is 0. The number of aryl methyl sites for hydroxylation is 1. The molecule has 164 valence electrons. The number of carbonyl (C=O) groups excluding carboxylic acids is 1. The quantitative estimate of drug-likeness (QED) is 0.427. The Morgan fingerprint density at radius 2 is 1.91 bits per heavy atom. The van der Waals surface area contributed by atoms with E-state index in [4.69, 9.17) is 11.0 Å². The van der Waals surface area contributed by atoms with Gasteiger partial charge in [-0.15, -0.1) is 0 Å². The molecule has 0 aliphatic rings. The van der Waals surface area contributed by atoms with Crippen molar-refractivity contribution < 1.29 is 4.79 Å². The number of nitrogen functional groups attached to an aromatic ring is 1. The van der Waals surface area contributed by atoms with Crippen LogP contribution in [0.2, 0.25) is 0 Å². The van der Waals surface area contributed by atoms with Gasteiger partial charge in [-0.2, -0.15) is 10.4 Å². The van der Waals surface area contributed by atoms with E-state index in [9.17, 15) is 4.79 Å². The summed E-state index contributed by atoms with van der Waals surface area (Å²) in [7, 11) is 0. The SMILES string of the molecule is Cc1ccn(-c2nc(N)c(C(=O)Nc3ccc(C#N)cc3)nc2-c2ccc3ncccc3c2)n1. The van der Waals surface area contributed by atoms with Crippen LogP contribution in [-0.2, 0) is 0 Å². The minimum atomic E-state index is -0.512. The lowest BCUT2D eigenvalue weighted by molar-refractivity contribution is 0.102. The molecule has 34 heavy (non-hydrogen) atoms. The van der Waals surface area contributed by atoms with E-state index in [0.29, 0.717) is 22.8 Å². The van der Waals surface area contributed by atoms with Crippen molar-refractivity contribution in [2.75, 3.05) is 11.1 Å². The first-order valence-corrected chi connectivity index (χ1v) is 10.4. The maximum atomic E-state index is 13.0. The third-order valence-corrected chi connectivity index (χ3v) is 5.21. The summed E-state index contributed by atoms with van der Waals surface area (Å²) in [5.74, 6) is -0.133. The van der Waals surface area contributed by atoms with Gasteiger partial charge in [0.25, 0.3) is 5.91 Å². The molecule has 0 unspecified atom stereocenters. The van der Waals surface area contributed by atoms with E-state index in [-0.39, 0.29) is 11.5 Å². The van der Waals surface area contributed by atoms with Gasteiger partial charge in [-0.1, -0.05) is 12.1 Å². The van der Waals surface area contributed by atoms with Crippen molar-refractivity contribution in [1.82, 2.24) is 24.7 Å². The van der Waals surface area contributed by atoms with E-state index >= 15 is 0 Å². The standard InChI is InChI=1S/C25H18N8O/c1-15-10-12-33(32-15)24-21(18-6-9-20-17(13-18)3-2-11-28-20)30-22(23(27)31-24)25(34)29-19-7-4-16(14-26)5-8-19/h2-13H,1H3,(H2,27,31)(H,29,34). The molecule has 3 N–H and O–H groups in total. The summed E-state index contributed by atoms with van der Waals surface area (Å²) in [5.41, 5.74) is 9.99. The maximum absolute atomic E-state index is 13.0. The van der Waals surface area contributed by atoms with Gasteiger partial charge in [0.05, 0.1) is 22.8 Å². The Balaban J connectivity index is 1.62. The Morgan fingerprint density at radius 3 is 2.65 bits per heavy atom. The number of amides is 1. The number of nitrogens with one attached hydrogen (secondary N) is 1. The van der Waals surface area contributed by atoms with Gasteiger partial charge in [-0.3, -0.25) is 9.78 Å². The second kappa shape index (κ2) is 8.44. The van der Waals surface area contributed by atoms with Gasteiger partial charge in [0, 0.05) is 29.0 Å². The third-order valence-electron chi connectivity index (χ3n) is 5.21. The smallest absolute Gasteiger partial charge is 0.278 e. The average molecular weight is 446 g/mol. The van der Waals surface area contributed by atoms with E-state index < -0.39 is 5.91 Å². The lowest BCUT2D eigenvalue weighted by Gasteiger charge is -2.13. The maximum Gasteiger partial charge on any atom is 0.278 e. The first-order valence-electron chi connectivity index (χ1n) is 10.4. The number of nitrogens with two attached hydrogens (primary N) is 1. The van der Waals surface area contributed by atoms with Crippen LogP contribution in [0, 0.1) is 18.3 Å². The van der Waals surface area contributed by atoms with Crippen LogP contribution in [0.4, 0.5) is 11.5 Å². The zero-order valence-electron chi connectivity index (χ0n) is 18.1. The molecule has 0 saturated heterocycles. The van der Waals surface area contributed by atoms with Crippen LogP contribution in [0.3, 0.4) is 0 Å². The number of rotatable bonds is 4. The second-order valence-corrected chi connectivity index (χ2v) is 7.59. The first kappa shape index (κ1) is 20.8. The monoisotopic (exact) mass is 446 g/mol. The number of nitriles is 1. The van der Waals surface area contributed by atoms with Crippen molar-refractivity contribution in [3.05, 3.63) is 90.0 Å². The highest BCUT2D eigenvalue weighted by Gasteiger charge is 2.21. The number of anilines is 2. The Morgan fingerprint density at radius 1 is 1.09 bits per heavy atom. The lowest BCUT2D eigenvalue weighted by atomic mass is 10.1. The van der Waals surface area contributed by atoms with Crippen LogP contribution in [0.1, 0.15) is 21.7 Å². The molecule has 0 aliphatic heterocycles. The number of fused-ring (bicyclic) bond motifs is 1. The Kier molecular flexibility index (Phi) is 5.16. The normalized spacial score (nSPS) is 10.7. The van der Waals surface area contributed by atoms with E-state index in [1.165, 1.54) is 0 Å². The molecule has 1 amide bonds. The summed E-state index contributed by atoms with van der Waals surface area (Å²) in [6.07, 6.45) is 3.50. The van der Waals surface area contributed by atoms with Crippen molar-refractivity contribution in [2.24, 2.45) is 0 Å². The van der Waals surface area contributed by atoms with Crippen molar-refractivity contribution in [2.45, 2.75) is 6.92 Å². The zero-order valence-corrected chi connectivity index (χ0v) is 18.1. The topological polar surface area (TPSA) is 135 Å².